The number of amides is 2. The van der Waals surface area contributed by atoms with Gasteiger partial charge in [0.05, 0.1) is 6.33 Å². The van der Waals surface area contributed by atoms with Crippen LogP contribution in [0.2, 0.25) is 0 Å². The molecule has 0 spiro atoms. The van der Waals surface area contributed by atoms with Crippen molar-refractivity contribution in [3.8, 4) is 0 Å². The maximum Gasteiger partial charge on any atom is 0.251 e. The van der Waals surface area contributed by atoms with Crippen molar-refractivity contribution in [2.24, 2.45) is 0 Å². The van der Waals surface area contributed by atoms with E-state index in [0.29, 0.717) is 30.8 Å². The number of hydrogen-bond acceptors (Lipinski definition) is 5. The van der Waals surface area contributed by atoms with Gasteiger partial charge in [-0.05, 0) is 49.7 Å². The minimum Gasteiger partial charge on any atom is -0.369 e. The number of hydrogen-bond donors (Lipinski definition) is 2. The van der Waals surface area contributed by atoms with E-state index in [9.17, 15) is 9.59 Å². The molecule has 4 rings (SSSR count). The molecule has 0 atom stereocenters. The summed E-state index contributed by atoms with van der Waals surface area (Å²) in [5.74, 6) is -0.211. The normalized spacial score (nSPS) is 14.0. The van der Waals surface area contributed by atoms with E-state index in [1.807, 2.05) is 10.8 Å². The lowest BCUT2D eigenvalue weighted by molar-refractivity contribution is -0.116. The molecule has 184 valence electrons. The summed E-state index contributed by atoms with van der Waals surface area (Å²) in [5, 5.41) is 5.87. The van der Waals surface area contributed by atoms with Crippen LogP contribution in [0, 0.1) is 0 Å². The van der Waals surface area contributed by atoms with Gasteiger partial charge in [0.15, 0.2) is 0 Å². The summed E-state index contributed by atoms with van der Waals surface area (Å²) < 4.78 is 1.86. The molecular formula is C27H34N6O2. The fraction of sp³-hybridized carbons (Fsp3) is 0.370. The van der Waals surface area contributed by atoms with Gasteiger partial charge in [-0.2, -0.15) is 0 Å². The topological polar surface area (TPSA) is 82.5 Å². The van der Waals surface area contributed by atoms with Gasteiger partial charge in [-0.25, -0.2) is 4.98 Å². The Kier molecular flexibility index (Phi) is 8.89. The van der Waals surface area contributed by atoms with Crippen molar-refractivity contribution in [1.82, 2.24) is 19.8 Å². The molecule has 2 N–H and O–H groups in total. The summed E-state index contributed by atoms with van der Waals surface area (Å²) in [4.78, 5) is 33.7. The van der Waals surface area contributed by atoms with E-state index < -0.39 is 0 Å². The summed E-state index contributed by atoms with van der Waals surface area (Å²) in [6, 6.07) is 17.6. The molecule has 8 nitrogen and oxygen atoms in total. The van der Waals surface area contributed by atoms with E-state index in [1.165, 1.54) is 5.69 Å². The van der Waals surface area contributed by atoms with Crippen LogP contribution < -0.4 is 15.5 Å². The zero-order valence-electron chi connectivity index (χ0n) is 20.1. The van der Waals surface area contributed by atoms with Crippen LogP contribution in [0.3, 0.4) is 0 Å². The third-order valence-corrected chi connectivity index (χ3v) is 6.25. The minimum absolute atomic E-state index is 0.0964. The Morgan fingerprint density at radius 3 is 2.51 bits per heavy atom. The SMILES string of the molecule is O=C(CCn1ccnc1)Nc1cccc(C(=O)NCCCCN2CCN(c3ccccc3)CC2)c1. The van der Waals surface area contributed by atoms with Crippen LogP contribution >= 0.6 is 0 Å². The molecule has 1 saturated heterocycles. The molecule has 1 aliphatic rings. The quantitative estimate of drug-likeness (QED) is 0.417. The van der Waals surface area contributed by atoms with Gasteiger partial charge in [-0.15, -0.1) is 0 Å². The molecule has 0 saturated carbocycles. The molecule has 2 amide bonds. The highest BCUT2D eigenvalue weighted by molar-refractivity contribution is 5.97. The standard InChI is InChI=1S/C27H34N6O2/c34-26(11-15-32-16-13-28-22-32)30-24-8-6-7-23(21-24)27(35)29-12-4-5-14-31-17-19-33(20-18-31)25-9-2-1-3-10-25/h1-3,6-10,13,16,21-22H,4-5,11-12,14-15,17-20H2,(H,29,35)(H,30,34). The first-order valence-electron chi connectivity index (χ1n) is 12.3. The average Bonchev–Trinajstić information content (AvgIpc) is 3.42. The number of unbranched alkanes of at least 4 members (excludes halogenated alkanes) is 1. The van der Waals surface area contributed by atoms with Gasteiger partial charge in [-0.3, -0.25) is 14.5 Å². The van der Waals surface area contributed by atoms with Gasteiger partial charge in [-0.1, -0.05) is 24.3 Å². The van der Waals surface area contributed by atoms with Crippen LogP contribution in [0.15, 0.2) is 73.3 Å². The van der Waals surface area contributed by atoms with Crippen LogP contribution in [0.4, 0.5) is 11.4 Å². The third kappa shape index (κ3) is 7.68. The first kappa shape index (κ1) is 24.5. The molecule has 3 aromatic rings. The Bertz CT molecular complexity index is 1060. The van der Waals surface area contributed by atoms with Crippen molar-refractivity contribution >= 4 is 23.2 Å². The number of carbonyl (C=O) groups is 2. The van der Waals surface area contributed by atoms with Crippen molar-refractivity contribution in [3.63, 3.8) is 0 Å². The second-order valence-electron chi connectivity index (χ2n) is 8.81. The number of nitrogens with zero attached hydrogens (tertiary/aromatic N) is 4. The lowest BCUT2D eigenvalue weighted by Crippen LogP contribution is -2.46. The average molecular weight is 475 g/mol. The first-order valence-corrected chi connectivity index (χ1v) is 12.3. The van der Waals surface area contributed by atoms with E-state index in [0.717, 1.165) is 45.6 Å². The summed E-state index contributed by atoms with van der Waals surface area (Å²) in [6.07, 6.45) is 7.53. The fourth-order valence-electron chi connectivity index (χ4n) is 4.24. The number of rotatable bonds is 11. The molecule has 1 aromatic heterocycles. The molecule has 0 aliphatic carbocycles. The predicted octanol–water partition coefficient (Wildman–Crippen LogP) is 3.24. The monoisotopic (exact) mass is 474 g/mol. The highest BCUT2D eigenvalue weighted by Crippen LogP contribution is 2.16. The van der Waals surface area contributed by atoms with Crippen molar-refractivity contribution in [2.75, 3.05) is 49.5 Å². The number of aromatic nitrogens is 2. The lowest BCUT2D eigenvalue weighted by atomic mass is 10.1. The Hall–Kier alpha value is -3.65. The van der Waals surface area contributed by atoms with Gasteiger partial charge in [0.25, 0.3) is 5.91 Å². The molecule has 2 heterocycles. The summed E-state index contributed by atoms with van der Waals surface area (Å²) in [5.41, 5.74) is 2.48. The molecule has 35 heavy (non-hydrogen) atoms. The van der Waals surface area contributed by atoms with E-state index in [1.54, 1.807) is 36.8 Å². The van der Waals surface area contributed by atoms with E-state index in [4.69, 9.17) is 0 Å². The number of benzene rings is 2. The number of imidazole rings is 1. The molecule has 1 aliphatic heterocycles. The molecule has 0 unspecified atom stereocenters. The van der Waals surface area contributed by atoms with E-state index >= 15 is 0 Å². The van der Waals surface area contributed by atoms with Crippen molar-refractivity contribution in [2.45, 2.75) is 25.8 Å². The van der Waals surface area contributed by atoms with Gasteiger partial charge in [0.1, 0.15) is 0 Å². The van der Waals surface area contributed by atoms with Gasteiger partial charge in [0.2, 0.25) is 5.91 Å². The molecule has 1 fully saturated rings. The molecular weight excluding hydrogens is 440 g/mol. The second-order valence-corrected chi connectivity index (χ2v) is 8.81. The van der Waals surface area contributed by atoms with E-state index in [-0.39, 0.29) is 11.8 Å². The van der Waals surface area contributed by atoms with Gasteiger partial charge < -0.3 is 20.1 Å². The zero-order chi connectivity index (χ0) is 24.3. The smallest absolute Gasteiger partial charge is 0.251 e. The van der Waals surface area contributed by atoms with E-state index in [2.05, 4.69) is 55.7 Å². The number of anilines is 2. The zero-order valence-corrected chi connectivity index (χ0v) is 20.1. The van der Waals surface area contributed by atoms with Gasteiger partial charge >= 0.3 is 0 Å². The number of nitrogens with one attached hydrogen (secondary N) is 2. The number of para-hydroxylation sites is 1. The van der Waals surface area contributed by atoms with Crippen LogP contribution in [0.25, 0.3) is 0 Å². The maximum absolute atomic E-state index is 12.5. The number of piperazine rings is 1. The Labute approximate surface area is 207 Å². The van der Waals surface area contributed by atoms with Crippen LogP contribution in [0.5, 0.6) is 0 Å². The fourth-order valence-corrected chi connectivity index (χ4v) is 4.24. The van der Waals surface area contributed by atoms with Crippen LogP contribution in [0.1, 0.15) is 29.6 Å². The molecule has 2 aromatic carbocycles. The number of carbonyl (C=O) groups excluding carboxylic acids is 2. The van der Waals surface area contributed by atoms with Crippen molar-refractivity contribution < 1.29 is 9.59 Å². The van der Waals surface area contributed by atoms with Gasteiger partial charge in [0, 0.05) is 75.0 Å². The minimum atomic E-state index is -0.115. The molecule has 8 heteroatoms. The predicted molar refractivity (Wildman–Crippen MR) is 139 cm³/mol. The van der Waals surface area contributed by atoms with Crippen LogP contribution in [-0.4, -0.2) is 65.5 Å². The Balaban J connectivity index is 1.11. The Morgan fingerprint density at radius 1 is 0.914 bits per heavy atom. The molecule has 0 bridgehead atoms. The highest BCUT2D eigenvalue weighted by atomic mass is 16.2. The second kappa shape index (κ2) is 12.7. The van der Waals surface area contributed by atoms with Crippen molar-refractivity contribution in [3.05, 3.63) is 78.9 Å². The maximum atomic E-state index is 12.5. The van der Waals surface area contributed by atoms with Crippen LogP contribution in [-0.2, 0) is 11.3 Å². The number of aryl methyl sites for hydroxylation is 1. The first-order chi connectivity index (χ1) is 17.2. The van der Waals surface area contributed by atoms with Crippen molar-refractivity contribution in [1.29, 1.82) is 0 Å². The lowest BCUT2D eigenvalue weighted by Gasteiger charge is -2.36. The Morgan fingerprint density at radius 2 is 1.74 bits per heavy atom. The summed E-state index contributed by atoms with van der Waals surface area (Å²) >= 11 is 0. The largest absolute Gasteiger partial charge is 0.369 e. The summed E-state index contributed by atoms with van der Waals surface area (Å²) in [7, 11) is 0. The third-order valence-electron chi connectivity index (χ3n) is 6.25. The highest BCUT2D eigenvalue weighted by Gasteiger charge is 2.16. The molecule has 0 radical (unpaired) electrons. The summed E-state index contributed by atoms with van der Waals surface area (Å²) in [6.45, 7) is 6.51.